The second-order valence-electron chi connectivity index (χ2n) is 3.47. The minimum absolute atomic E-state index is 0.133. The van der Waals surface area contributed by atoms with Crippen molar-refractivity contribution in [2.24, 2.45) is 0 Å². The maximum absolute atomic E-state index is 11.9. The molecule has 0 radical (unpaired) electrons. The fraction of sp³-hybridized carbons (Fsp3) is 0.200. The molecule has 1 aromatic carbocycles. The monoisotopic (exact) mass is 304 g/mol. The van der Waals surface area contributed by atoms with E-state index in [9.17, 15) is 8.42 Å². The lowest BCUT2D eigenvalue weighted by Crippen LogP contribution is -2.25. The number of nitrogen functional groups attached to an aromatic ring is 1. The Kier molecular flexibility index (Phi) is 4.12. The van der Waals surface area contributed by atoms with Crippen LogP contribution in [0.3, 0.4) is 0 Å². The van der Waals surface area contributed by atoms with Gasteiger partial charge in [0.2, 0.25) is 10.0 Å². The second kappa shape index (κ2) is 4.99. The minimum Gasteiger partial charge on any atom is -0.399 e. The number of sulfonamides is 1. The molecule has 6 heteroatoms. The molecule has 4 nitrogen and oxygen atoms in total. The van der Waals surface area contributed by atoms with Gasteiger partial charge in [-0.15, -0.1) is 0 Å². The van der Waals surface area contributed by atoms with Crippen LogP contribution in [0.2, 0.25) is 0 Å². The fourth-order valence-corrected chi connectivity index (χ4v) is 3.12. The molecule has 0 saturated heterocycles. The normalized spacial score (nSPS) is 11.4. The highest BCUT2D eigenvalue weighted by Gasteiger charge is 2.17. The third kappa shape index (κ3) is 3.33. The molecular weight excluding hydrogens is 292 g/mol. The summed E-state index contributed by atoms with van der Waals surface area (Å²) in [7, 11) is -3.55. The first kappa shape index (κ1) is 13.2. The highest BCUT2D eigenvalue weighted by Crippen LogP contribution is 2.23. The highest BCUT2D eigenvalue weighted by atomic mass is 79.9. The molecule has 0 saturated carbocycles. The van der Waals surface area contributed by atoms with Crippen LogP contribution in [0.25, 0.3) is 0 Å². The molecule has 16 heavy (non-hydrogen) atoms. The number of nitrogens with two attached hydrogens (primary N) is 1. The number of hydrogen-bond acceptors (Lipinski definition) is 3. The summed E-state index contributed by atoms with van der Waals surface area (Å²) in [5, 5.41) is 0. The Balaban J connectivity index is 3.07. The first-order valence-electron chi connectivity index (χ1n) is 4.52. The molecule has 0 unspecified atom stereocenters. The number of rotatable bonds is 4. The van der Waals surface area contributed by atoms with Crippen molar-refractivity contribution in [3.8, 4) is 0 Å². The van der Waals surface area contributed by atoms with E-state index in [0.29, 0.717) is 10.2 Å². The van der Waals surface area contributed by atoms with Crippen LogP contribution in [0.5, 0.6) is 0 Å². The van der Waals surface area contributed by atoms with E-state index < -0.39 is 10.0 Å². The molecule has 0 spiro atoms. The van der Waals surface area contributed by atoms with E-state index in [2.05, 4.69) is 27.2 Å². The average molecular weight is 305 g/mol. The Morgan fingerprint density at radius 3 is 2.75 bits per heavy atom. The van der Waals surface area contributed by atoms with Gasteiger partial charge in [-0.25, -0.2) is 13.1 Å². The van der Waals surface area contributed by atoms with Crippen LogP contribution in [0.15, 0.2) is 39.7 Å². The van der Waals surface area contributed by atoms with Gasteiger partial charge < -0.3 is 5.73 Å². The summed E-state index contributed by atoms with van der Waals surface area (Å²) < 4.78 is 26.7. The summed E-state index contributed by atoms with van der Waals surface area (Å²) in [5.74, 6) is 0. The van der Waals surface area contributed by atoms with Crippen LogP contribution in [0.4, 0.5) is 5.69 Å². The van der Waals surface area contributed by atoms with Crippen LogP contribution in [0.1, 0.15) is 6.92 Å². The molecule has 0 aliphatic rings. The molecule has 1 aromatic rings. The molecule has 3 N–H and O–H groups in total. The summed E-state index contributed by atoms with van der Waals surface area (Å²) in [5.41, 5.74) is 6.69. The van der Waals surface area contributed by atoms with Crippen molar-refractivity contribution in [3.63, 3.8) is 0 Å². The molecule has 0 atom stereocenters. The van der Waals surface area contributed by atoms with Gasteiger partial charge in [-0.3, -0.25) is 0 Å². The van der Waals surface area contributed by atoms with E-state index in [-0.39, 0.29) is 11.4 Å². The molecular formula is C10H13BrN2O2S. The predicted molar refractivity (Wildman–Crippen MR) is 68.6 cm³/mol. The molecule has 0 fully saturated rings. The van der Waals surface area contributed by atoms with Gasteiger partial charge in [0, 0.05) is 16.7 Å². The molecule has 0 amide bonds. The lowest BCUT2D eigenvalue weighted by Gasteiger charge is -2.08. The number of nitrogens with one attached hydrogen (secondary N) is 1. The van der Waals surface area contributed by atoms with Gasteiger partial charge in [-0.2, -0.15) is 0 Å². The molecule has 0 aliphatic carbocycles. The van der Waals surface area contributed by atoms with Gasteiger partial charge in [0.15, 0.2) is 0 Å². The Hall–Kier alpha value is -0.850. The summed E-state index contributed by atoms with van der Waals surface area (Å²) in [4.78, 5) is 0.133. The van der Waals surface area contributed by atoms with Crippen molar-refractivity contribution >= 4 is 31.6 Å². The fourth-order valence-electron chi connectivity index (χ4n) is 1.02. The zero-order valence-corrected chi connectivity index (χ0v) is 11.2. The molecule has 88 valence electrons. The maximum Gasteiger partial charge on any atom is 0.242 e. The van der Waals surface area contributed by atoms with E-state index in [4.69, 9.17) is 5.73 Å². The molecule has 0 aromatic heterocycles. The van der Waals surface area contributed by atoms with Crippen LogP contribution in [-0.4, -0.2) is 15.0 Å². The van der Waals surface area contributed by atoms with Crippen molar-refractivity contribution in [2.45, 2.75) is 11.8 Å². The summed E-state index contributed by atoms with van der Waals surface area (Å²) in [6.07, 6.45) is 0. The van der Waals surface area contributed by atoms with Crippen LogP contribution in [0, 0.1) is 0 Å². The summed E-state index contributed by atoms with van der Waals surface area (Å²) in [6, 6.07) is 4.64. The standard InChI is InChI=1S/C10H13BrN2O2S/c1-7(2)6-13-16(14,15)10-5-8(12)3-4-9(10)11/h3-5,13H,1,6,12H2,2H3. The number of anilines is 1. The van der Waals surface area contributed by atoms with Crippen molar-refractivity contribution in [3.05, 3.63) is 34.8 Å². The van der Waals surface area contributed by atoms with Gasteiger partial charge in [-0.05, 0) is 41.1 Å². The summed E-state index contributed by atoms with van der Waals surface area (Å²) in [6.45, 7) is 5.59. The van der Waals surface area contributed by atoms with Crippen LogP contribution in [-0.2, 0) is 10.0 Å². The molecule has 0 heterocycles. The van der Waals surface area contributed by atoms with E-state index in [1.807, 2.05) is 0 Å². The Labute approximate surface area is 104 Å². The molecule has 0 aliphatic heterocycles. The van der Waals surface area contributed by atoms with Crippen LogP contribution >= 0.6 is 15.9 Å². The predicted octanol–water partition coefficient (Wildman–Crippen LogP) is 1.89. The zero-order valence-electron chi connectivity index (χ0n) is 8.83. The van der Waals surface area contributed by atoms with Crippen molar-refractivity contribution in [1.29, 1.82) is 0 Å². The third-order valence-electron chi connectivity index (χ3n) is 1.81. The maximum atomic E-state index is 11.9. The third-order valence-corrected chi connectivity index (χ3v) is 4.20. The topological polar surface area (TPSA) is 72.2 Å². The van der Waals surface area contributed by atoms with E-state index in [0.717, 1.165) is 5.57 Å². The van der Waals surface area contributed by atoms with E-state index >= 15 is 0 Å². The van der Waals surface area contributed by atoms with Gasteiger partial charge in [0.25, 0.3) is 0 Å². The first-order chi connectivity index (χ1) is 7.33. The minimum atomic E-state index is -3.55. The number of hydrogen-bond donors (Lipinski definition) is 2. The second-order valence-corrected chi connectivity index (χ2v) is 6.06. The lowest BCUT2D eigenvalue weighted by molar-refractivity contribution is 0.584. The zero-order chi connectivity index (χ0) is 12.3. The average Bonchev–Trinajstić information content (AvgIpc) is 2.19. The highest BCUT2D eigenvalue weighted by molar-refractivity contribution is 9.10. The lowest BCUT2D eigenvalue weighted by atomic mass is 10.3. The van der Waals surface area contributed by atoms with Gasteiger partial charge in [0.1, 0.15) is 0 Å². The Bertz CT molecular complexity index is 512. The SMILES string of the molecule is C=C(C)CNS(=O)(=O)c1cc(N)ccc1Br. The van der Waals surface area contributed by atoms with Crippen molar-refractivity contribution in [1.82, 2.24) is 4.72 Å². The van der Waals surface area contributed by atoms with E-state index in [1.54, 1.807) is 19.1 Å². The van der Waals surface area contributed by atoms with Gasteiger partial charge in [0.05, 0.1) is 4.90 Å². The number of halogens is 1. The van der Waals surface area contributed by atoms with Crippen molar-refractivity contribution < 1.29 is 8.42 Å². The summed E-state index contributed by atoms with van der Waals surface area (Å²) >= 11 is 3.18. The van der Waals surface area contributed by atoms with E-state index in [1.165, 1.54) is 6.07 Å². The smallest absolute Gasteiger partial charge is 0.242 e. The first-order valence-corrected chi connectivity index (χ1v) is 6.79. The Morgan fingerprint density at radius 1 is 1.56 bits per heavy atom. The van der Waals surface area contributed by atoms with Crippen LogP contribution < -0.4 is 10.5 Å². The van der Waals surface area contributed by atoms with Gasteiger partial charge in [-0.1, -0.05) is 12.2 Å². The molecule has 1 rings (SSSR count). The number of benzene rings is 1. The Morgan fingerprint density at radius 2 is 2.19 bits per heavy atom. The quantitative estimate of drug-likeness (QED) is 0.659. The largest absolute Gasteiger partial charge is 0.399 e. The van der Waals surface area contributed by atoms with Gasteiger partial charge >= 0.3 is 0 Å². The van der Waals surface area contributed by atoms with Crippen molar-refractivity contribution in [2.75, 3.05) is 12.3 Å². The molecule has 0 bridgehead atoms.